The van der Waals surface area contributed by atoms with Crippen LogP contribution in [-0.2, 0) is 0 Å². The molecular weight excluding hydrogens is 180 g/mol. The Kier molecular flexibility index (Phi) is 2.66. The van der Waals surface area contributed by atoms with Crippen LogP contribution in [0.2, 0.25) is 0 Å². The average Bonchev–Trinajstić information content (AvgIpc) is 2.03. The van der Waals surface area contributed by atoms with Crippen LogP contribution in [0, 0.1) is 0 Å². The summed E-state index contributed by atoms with van der Waals surface area (Å²) in [5.74, 6) is 0. The van der Waals surface area contributed by atoms with E-state index >= 15 is 0 Å². The fraction of sp³-hybridized carbons (Fsp3) is 0.250. The normalized spacial score (nSPS) is 14.2. The molecule has 0 aliphatic rings. The van der Waals surface area contributed by atoms with E-state index in [1.165, 1.54) is 19.1 Å². The van der Waals surface area contributed by atoms with Gasteiger partial charge in [0, 0.05) is 0 Å². The molecule has 0 heterocycles. The van der Waals surface area contributed by atoms with Crippen molar-refractivity contribution in [2.24, 2.45) is 0 Å². The molecule has 0 saturated heterocycles. The maximum Gasteiger partial charge on any atom is 0.509 e. The Balaban J connectivity index is 2.94. The molecule has 1 N–H and O–H groups in total. The summed E-state index contributed by atoms with van der Waals surface area (Å²) in [6.07, 6.45) is -0.727. The molecule has 13 heavy (non-hydrogen) atoms. The van der Waals surface area contributed by atoms with Gasteiger partial charge in [0.15, 0.2) is 0 Å². The number of hydrogen-bond donors (Lipinski definition) is 1. The first-order valence-electron chi connectivity index (χ1n) is 3.89. The molecule has 0 amide bonds. The summed E-state index contributed by atoms with van der Waals surface area (Å²) in [6, 6.07) is 4.55. The fourth-order valence-corrected chi connectivity index (χ4v) is 0.993. The third-order valence-corrected chi connectivity index (χ3v) is 1.80. The number of aliphatic hydroxyl groups excluding tert-OH is 1. The van der Waals surface area contributed by atoms with Crippen molar-refractivity contribution in [2.75, 3.05) is 0 Å². The van der Waals surface area contributed by atoms with Crippen LogP contribution in [0.25, 0.3) is 0 Å². The summed E-state index contributed by atoms with van der Waals surface area (Å²) in [5.41, 5.74) is -0.145. The van der Waals surface area contributed by atoms with Crippen LogP contribution >= 0.6 is 0 Å². The molecule has 1 aromatic rings. The maximum atomic E-state index is 12.1. The fourth-order valence-electron chi connectivity index (χ4n) is 0.993. The van der Waals surface area contributed by atoms with E-state index in [1.807, 2.05) is 0 Å². The van der Waals surface area contributed by atoms with Crippen LogP contribution in [-0.4, -0.2) is 12.1 Å². The Hall–Kier alpha value is -0.965. The van der Waals surface area contributed by atoms with Crippen LogP contribution in [0.5, 0.6) is 0 Å². The molecule has 5 heteroatoms. The number of hydrogen-bond acceptors (Lipinski definition) is 1. The lowest BCUT2D eigenvalue weighted by molar-refractivity contribution is 0.199. The average molecular weight is 189 g/mol. The minimum absolute atomic E-state index is 0.490. The Morgan fingerprint density at radius 1 is 1.15 bits per heavy atom. The second kappa shape index (κ2) is 3.42. The van der Waals surface area contributed by atoms with E-state index in [1.54, 1.807) is 0 Å². The molecule has 1 aromatic carbocycles. The Morgan fingerprint density at radius 2 is 1.62 bits per heavy atom. The molecule has 1 atom stereocenters. The summed E-state index contributed by atoms with van der Waals surface area (Å²) < 4.78 is 36.4. The molecular formula is C8H9BF3O-. The standard InChI is InChI=1S/C8H9BF3O/c1-6(13)7-2-4-8(5-3-7)9(10,11)12/h2-6,13H,1H3/q-1. The summed E-state index contributed by atoms with van der Waals surface area (Å²) in [4.78, 5) is 0. The van der Waals surface area contributed by atoms with Crippen molar-refractivity contribution in [2.45, 2.75) is 13.0 Å². The predicted molar refractivity (Wildman–Crippen MR) is 45.8 cm³/mol. The number of rotatable bonds is 2. The molecule has 1 unspecified atom stereocenters. The SMILES string of the molecule is CC(O)c1ccc([B-](F)(F)F)cc1. The zero-order valence-corrected chi connectivity index (χ0v) is 7.05. The second-order valence-electron chi connectivity index (χ2n) is 2.92. The highest BCUT2D eigenvalue weighted by Gasteiger charge is 2.24. The monoisotopic (exact) mass is 189 g/mol. The number of aliphatic hydroxyl groups is 1. The van der Waals surface area contributed by atoms with Gasteiger partial charge in [0.05, 0.1) is 6.10 Å². The van der Waals surface area contributed by atoms with Crippen molar-refractivity contribution in [3.63, 3.8) is 0 Å². The van der Waals surface area contributed by atoms with Gasteiger partial charge in [-0.3, -0.25) is 0 Å². The highest BCUT2D eigenvalue weighted by molar-refractivity contribution is 6.73. The topological polar surface area (TPSA) is 20.2 Å². The molecule has 72 valence electrons. The van der Waals surface area contributed by atoms with Gasteiger partial charge in [-0.15, -0.1) is 5.46 Å². The summed E-state index contributed by atoms with van der Waals surface area (Å²) >= 11 is 0. The van der Waals surface area contributed by atoms with Crippen LogP contribution in [0.4, 0.5) is 12.9 Å². The zero-order valence-electron chi connectivity index (χ0n) is 7.05. The van der Waals surface area contributed by atoms with E-state index < -0.39 is 18.5 Å². The first-order chi connectivity index (χ1) is 5.91. The van der Waals surface area contributed by atoms with Gasteiger partial charge in [-0.25, -0.2) is 0 Å². The first-order valence-corrected chi connectivity index (χ1v) is 3.89. The van der Waals surface area contributed by atoms with E-state index in [0.717, 1.165) is 12.1 Å². The lowest BCUT2D eigenvalue weighted by atomic mass is 9.80. The second-order valence-corrected chi connectivity index (χ2v) is 2.92. The molecule has 0 spiro atoms. The highest BCUT2D eigenvalue weighted by atomic mass is 19.4. The lowest BCUT2D eigenvalue weighted by Gasteiger charge is -2.15. The van der Waals surface area contributed by atoms with Gasteiger partial charge in [0.1, 0.15) is 0 Å². The maximum absolute atomic E-state index is 12.1. The van der Waals surface area contributed by atoms with Gasteiger partial charge in [-0.1, -0.05) is 24.3 Å². The number of halogens is 3. The molecule has 0 radical (unpaired) electrons. The molecule has 1 nitrogen and oxygen atoms in total. The van der Waals surface area contributed by atoms with E-state index in [0.29, 0.717) is 5.56 Å². The van der Waals surface area contributed by atoms with Crippen molar-refractivity contribution in [1.29, 1.82) is 0 Å². The minimum atomic E-state index is -4.92. The van der Waals surface area contributed by atoms with E-state index in [2.05, 4.69) is 0 Å². The molecule has 0 aliphatic heterocycles. The highest BCUT2D eigenvalue weighted by Crippen LogP contribution is 2.13. The molecule has 0 saturated carbocycles. The molecule has 0 aliphatic carbocycles. The third-order valence-electron chi connectivity index (χ3n) is 1.80. The van der Waals surface area contributed by atoms with Gasteiger partial charge in [-0.2, -0.15) is 0 Å². The van der Waals surface area contributed by atoms with Gasteiger partial charge >= 0.3 is 6.98 Å². The molecule has 1 rings (SSSR count). The van der Waals surface area contributed by atoms with Crippen LogP contribution in [0.3, 0.4) is 0 Å². The largest absolute Gasteiger partial charge is 0.509 e. The van der Waals surface area contributed by atoms with Crippen molar-refractivity contribution in [3.05, 3.63) is 29.8 Å². The Labute approximate surface area is 74.3 Å². The summed E-state index contributed by atoms with van der Waals surface area (Å²) in [6.45, 7) is -3.41. The lowest BCUT2D eigenvalue weighted by Crippen LogP contribution is -2.33. The van der Waals surface area contributed by atoms with E-state index in [9.17, 15) is 12.9 Å². The quantitative estimate of drug-likeness (QED) is 0.703. The van der Waals surface area contributed by atoms with Crippen molar-refractivity contribution < 1.29 is 18.1 Å². The van der Waals surface area contributed by atoms with Crippen molar-refractivity contribution in [3.8, 4) is 0 Å². The van der Waals surface area contributed by atoms with Crippen molar-refractivity contribution in [1.82, 2.24) is 0 Å². The Bertz CT molecular complexity index is 278. The molecule has 0 bridgehead atoms. The molecule has 0 fully saturated rings. The van der Waals surface area contributed by atoms with E-state index in [-0.39, 0.29) is 0 Å². The van der Waals surface area contributed by atoms with Crippen molar-refractivity contribution >= 4 is 12.4 Å². The summed E-state index contributed by atoms with van der Waals surface area (Å²) in [5, 5.41) is 9.04. The van der Waals surface area contributed by atoms with Gasteiger partial charge in [-0.05, 0) is 12.5 Å². The predicted octanol–water partition coefficient (Wildman–Crippen LogP) is 1.79. The summed E-state index contributed by atoms with van der Waals surface area (Å²) in [7, 11) is 0. The van der Waals surface area contributed by atoms with Gasteiger partial charge < -0.3 is 18.1 Å². The van der Waals surface area contributed by atoms with Gasteiger partial charge in [0.25, 0.3) is 0 Å². The van der Waals surface area contributed by atoms with Crippen LogP contribution in [0.1, 0.15) is 18.6 Å². The first kappa shape index (κ1) is 10.1. The minimum Gasteiger partial charge on any atom is -0.445 e. The van der Waals surface area contributed by atoms with Gasteiger partial charge in [0.2, 0.25) is 0 Å². The smallest absolute Gasteiger partial charge is 0.445 e. The van der Waals surface area contributed by atoms with Crippen LogP contribution < -0.4 is 5.46 Å². The molecule has 0 aromatic heterocycles. The van der Waals surface area contributed by atoms with E-state index in [4.69, 9.17) is 5.11 Å². The zero-order chi connectivity index (χ0) is 10.1. The number of benzene rings is 1. The van der Waals surface area contributed by atoms with Crippen LogP contribution in [0.15, 0.2) is 24.3 Å². The third kappa shape index (κ3) is 2.49. The Morgan fingerprint density at radius 3 is 1.92 bits per heavy atom.